The van der Waals surface area contributed by atoms with Gasteiger partial charge in [-0.2, -0.15) is 8.42 Å². The van der Waals surface area contributed by atoms with Gasteiger partial charge in [-0.3, -0.25) is 4.79 Å². The molecule has 2 aromatic rings. The molecule has 0 heterocycles. The van der Waals surface area contributed by atoms with Crippen LogP contribution in [0.2, 0.25) is 0 Å². The van der Waals surface area contributed by atoms with Gasteiger partial charge in [0.05, 0.1) is 18.8 Å². The van der Waals surface area contributed by atoms with Gasteiger partial charge in [0.25, 0.3) is 0 Å². The Bertz CT molecular complexity index is 832. The molecule has 1 atom stereocenters. The van der Waals surface area contributed by atoms with Crippen LogP contribution in [0, 0.1) is 0 Å². The second-order valence-corrected chi connectivity index (χ2v) is 8.09. The molecule has 2 aromatic carbocycles. The quantitative estimate of drug-likeness (QED) is 0.522. The third-order valence-electron chi connectivity index (χ3n) is 3.66. The molecule has 0 aromatic heterocycles. The average molecular weight is 391 g/mol. The van der Waals surface area contributed by atoms with Crippen LogP contribution in [0.5, 0.6) is 5.75 Å². The van der Waals surface area contributed by atoms with Gasteiger partial charge < -0.3 is 14.2 Å². The maximum absolute atomic E-state index is 12.1. The summed E-state index contributed by atoms with van der Waals surface area (Å²) in [6.45, 7) is 4.20. The van der Waals surface area contributed by atoms with Gasteiger partial charge in [-0.05, 0) is 37.1 Å². The zero-order valence-electron chi connectivity index (χ0n) is 15.7. The fourth-order valence-corrected chi connectivity index (χ4v) is 3.01. The van der Waals surface area contributed by atoms with E-state index in [1.165, 1.54) is 0 Å². The van der Waals surface area contributed by atoms with Gasteiger partial charge in [0.1, 0.15) is 5.75 Å². The Labute approximate surface area is 160 Å². The maximum Gasteiger partial charge on any atom is 0.307 e. The molecule has 0 radical (unpaired) electrons. The van der Waals surface area contributed by atoms with Crippen molar-refractivity contribution in [3.8, 4) is 5.75 Å². The first-order valence-electron chi connectivity index (χ1n) is 8.69. The molecule has 0 saturated heterocycles. The van der Waals surface area contributed by atoms with Crippen molar-refractivity contribution in [2.45, 2.75) is 39.0 Å². The standard InChI is InChI=1S/C20H25NO5S/c1-15(2)25-20(22)13-19(21-14-16-7-5-4-6-8-16)17-9-11-18(12-10-17)26-27(3,23)24/h4-12,15,19,21H,13-14H2,1-3H3. The van der Waals surface area contributed by atoms with E-state index in [0.29, 0.717) is 6.54 Å². The Morgan fingerprint density at radius 2 is 1.67 bits per heavy atom. The normalized spacial score (nSPS) is 12.6. The minimum atomic E-state index is -3.58. The predicted molar refractivity (Wildman–Crippen MR) is 104 cm³/mol. The van der Waals surface area contributed by atoms with E-state index in [4.69, 9.17) is 8.92 Å². The fourth-order valence-electron chi connectivity index (χ4n) is 2.55. The molecule has 7 heteroatoms. The molecule has 2 rings (SSSR count). The molecule has 0 saturated carbocycles. The first-order valence-corrected chi connectivity index (χ1v) is 10.5. The molecule has 0 spiro atoms. The summed E-state index contributed by atoms with van der Waals surface area (Å²) in [5.74, 6) is -0.0696. The molecule has 6 nitrogen and oxygen atoms in total. The smallest absolute Gasteiger partial charge is 0.307 e. The molecule has 0 aliphatic heterocycles. The Kier molecular flexibility index (Phi) is 7.38. The highest BCUT2D eigenvalue weighted by Gasteiger charge is 2.18. The predicted octanol–water partition coefficient (Wildman–Crippen LogP) is 3.20. The van der Waals surface area contributed by atoms with E-state index < -0.39 is 10.1 Å². The van der Waals surface area contributed by atoms with E-state index >= 15 is 0 Å². The van der Waals surface area contributed by atoms with Crippen LogP contribution >= 0.6 is 0 Å². The van der Waals surface area contributed by atoms with Crippen molar-refractivity contribution < 1.29 is 22.1 Å². The van der Waals surface area contributed by atoms with Gasteiger partial charge in [-0.15, -0.1) is 0 Å². The Balaban J connectivity index is 2.13. The molecule has 0 fully saturated rings. The zero-order valence-corrected chi connectivity index (χ0v) is 16.5. The highest BCUT2D eigenvalue weighted by Crippen LogP contribution is 2.22. The zero-order chi connectivity index (χ0) is 19.9. The van der Waals surface area contributed by atoms with Gasteiger partial charge in [0.15, 0.2) is 0 Å². The lowest BCUT2D eigenvalue weighted by Gasteiger charge is -2.20. The number of hydrogen-bond donors (Lipinski definition) is 1. The van der Waals surface area contributed by atoms with Crippen LogP contribution in [0.15, 0.2) is 54.6 Å². The highest BCUT2D eigenvalue weighted by atomic mass is 32.2. The number of nitrogens with one attached hydrogen (secondary N) is 1. The van der Waals surface area contributed by atoms with E-state index in [-0.39, 0.29) is 30.3 Å². The summed E-state index contributed by atoms with van der Waals surface area (Å²) in [4.78, 5) is 12.1. The molecule has 146 valence electrons. The van der Waals surface area contributed by atoms with Crippen LogP contribution in [0.4, 0.5) is 0 Å². The summed E-state index contributed by atoms with van der Waals surface area (Å²) in [7, 11) is -3.58. The number of carbonyl (C=O) groups excluding carboxylic acids is 1. The summed E-state index contributed by atoms with van der Waals surface area (Å²) < 4.78 is 32.6. The molecular formula is C20H25NO5S. The third kappa shape index (κ3) is 7.80. The van der Waals surface area contributed by atoms with Crippen LogP contribution < -0.4 is 9.50 Å². The molecule has 0 bridgehead atoms. The second kappa shape index (κ2) is 9.53. The van der Waals surface area contributed by atoms with Crippen molar-refractivity contribution in [3.05, 3.63) is 65.7 Å². The second-order valence-electron chi connectivity index (χ2n) is 6.52. The summed E-state index contributed by atoms with van der Waals surface area (Å²) >= 11 is 0. The monoisotopic (exact) mass is 391 g/mol. The lowest BCUT2D eigenvalue weighted by Crippen LogP contribution is -2.25. The summed E-state index contributed by atoms with van der Waals surface area (Å²) in [5.41, 5.74) is 1.93. The summed E-state index contributed by atoms with van der Waals surface area (Å²) in [6.07, 6.45) is 0.975. The van der Waals surface area contributed by atoms with Gasteiger partial charge >= 0.3 is 16.1 Å². The van der Waals surface area contributed by atoms with E-state index in [1.807, 2.05) is 44.2 Å². The van der Waals surface area contributed by atoms with Gasteiger partial charge in [-0.1, -0.05) is 42.5 Å². The first-order chi connectivity index (χ1) is 12.7. The number of rotatable bonds is 9. The largest absolute Gasteiger partial charge is 0.463 e. The van der Waals surface area contributed by atoms with Gasteiger partial charge in [0.2, 0.25) is 0 Å². The van der Waals surface area contributed by atoms with Gasteiger partial charge in [-0.25, -0.2) is 0 Å². The van der Waals surface area contributed by atoms with Crippen molar-refractivity contribution in [2.24, 2.45) is 0 Å². The van der Waals surface area contributed by atoms with Gasteiger partial charge in [0, 0.05) is 12.6 Å². The molecule has 1 N–H and O–H groups in total. The van der Waals surface area contributed by atoms with Crippen LogP contribution in [0.25, 0.3) is 0 Å². The van der Waals surface area contributed by atoms with Crippen molar-refractivity contribution in [3.63, 3.8) is 0 Å². The molecular weight excluding hydrogens is 366 g/mol. The Hall–Kier alpha value is -2.38. The molecule has 1 unspecified atom stereocenters. The number of benzene rings is 2. The molecule has 0 aliphatic rings. The average Bonchev–Trinajstić information content (AvgIpc) is 2.58. The topological polar surface area (TPSA) is 81.7 Å². The first kappa shape index (κ1) is 20.9. The summed E-state index contributed by atoms with van der Waals surface area (Å²) in [6, 6.07) is 16.2. The number of hydrogen-bond acceptors (Lipinski definition) is 6. The SMILES string of the molecule is CC(C)OC(=O)CC(NCc1ccccc1)c1ccc(OS(C)(=O)=O)cc1. The van der Waals surface area contributed by atoms with Crippen molar-refractivity contribution in [2.75, 3.05) is 6.26 Å². The lowest BCUT2D eigenvalue weighted by molar-refractivity contribution is -0.148. The molecule has 0 amide bonds. The third-order valence-corrected chi connectivity index (χ3v) is 4.16. The minimum absolute atomic E-state index is 0.164. The van der Waals surface area contributed by atoms with E-state index in [9.17, 15) is 13.2 Å². The van der Waals surface area contributed by atoms with Crippen molar-refractivity contribution in [1.29, 1.82) is 0 Å². The van der Waals surface area contributed by atoms with Crippen LogP contribution in [0.1, 0.15) is 37.4 Å². The number of carbonyl (C=O) groups is 1. The fraction of sp³-hybridized carbons (Fsp3) is 0.350. The van der Waals surface area contributed by atoms with E-state index in [0.717, 1.165) is 17.4 Å². The van der Waals surface area contributed by atoms with Crippen molar-refractivity contribution in [1.82, 2.24) is 5.32 Å². The Morgan fingerprint density at radius 1 is 1.04 bits per heavy atom. The Morgan fingerprint density at radius 3 is 2.22 bits per heavy atom. The van der Waals surface area contributed by atoms with E-state index in [2.05, 4.69) is 5.32 Å². The number of ether oxygens (including phenoxy) is 1. The van der Waals surface area contributed by atoms with Crippen LogP contribution in [0.3, 0.4) is 0 Å². The molecule has 0 aliphatic carbocycles. The summed E-state index contributed by atoms with van der Waals surface area (Å²) in [5, 5.41) is 3.36. The van der Waals surface area contributed by atoms with Crippen LogP contribution in [-0.4, -0.2) is 26.7 Å². The molecule has 27 heavy (non-hydrogen) atoms. The minimum Gasteiger partial charge on any atom is -0.463 e. The lowest BCUT2D eigenvalue weighted by atomic mass is 10.0. The van der Waals surface area contributed by atoms with E-state index in [1.54, 1.807) is 24.3 Å². The van der Waals surface area contributed by atoms with Crippen LogP contribution in [-0.2, 0) is 26.2 Å². The van der Waals surface area contributed by atoms with Crippen molar-refractivity contribution >= 4 is 16.1 Å². The maximum atomic E-state index is 12.1. The number of esters is 1. The highest BCUT2D eigenvalue weighted by molar-refractivity contribution is 7.86.